The van der Waals surface area contributed by atoms with Gasteiger partial charge in [0.25, 0.3) is 5.69 Å². The third-order valence-corrected chi connectivity index (χ3v) is 4.69. The van der Waals surface area contributed by atoms with E-state index in [9.17, 15) is 14.9 Å². The third-order valence-electron chi connectivity index (χ3n) is 4.45. The predicted molar refractivity (Wildman–Crippen MR) is 82.5 cm³/mol. The Hall–Kier alpha value is -1.42. The minimum Gasteiger partial charge on any atom is -0.299 e. The van der Waals surface area contributed by atoms with Gasteiger partial charge in [0.1, 0.15) is 5.78 Å². The Balaban J connectivity index is 2.22. The van der Waals surface area contributed by atoms with E-state index in [1.165, 1.54) is 12.1 Å². The molecule has 0 spiro atoms. The number of Topliss-reactive ketones (excluding diaryl/α,β-unsaturated/α-hetero) is 1. The highest BCUT2D eigenvalue weighted by Gasteiger charge is 2.31. The molecule has 2 unspecified atom stereocenters. The molecule has 0 aromatic heterocycles. The molecule has 1 aliphatic carbocycles. The Bertz CT molecular complexity index is 556. The van der Waals surface area contributed by atoms with Gasteiger partial charge in [-0.2, -0.15) is 0 Å². The molecule has 0 N–H and O–H groups in total. The summed E-state index contributed by atoms with van der Waals surface area (Å²) >= 11 is 5.95. The predicted octanol–water partition coefficient (Wildman–Crippen LogP) is 4.43. The molecule has 0 aliphatic heterocycles. The molecule has 0 radical (unpaired) electrons. The summed E-state index contributed by atoms with van der Waals surface area (Å²) in [7, 11) is 0. The van der Waals surface area contributed by atoms with Gasteiger partial charge in [0.05, 0.1) is 4.92 Å². The second-order valence-corrected chi connectivity index (χ2v) is 6.61. The average Bonchev–Trinajstić information content (AvgIpc) is 2.40. The van der Waals surface area contributed by atoms with Crippen molar-refractivity contribution < 1.29 is 9.72 Å². The van der Waals surface area contributed by atoms with Crippen LogP contribution in [-0.2, 0) is 11.2 Å². The normalized spacial score (nSPS) is 22.6. The van der Waals surface area contributed by atoms with E-state index in [1.54, 1.807) is 6.07 Å². The fourth-order valence-corrected chi connectivity index (χ4v) is 3.31. The topological polar surface area (TPSA) is 60.2 Å². The molecule has 0 heterocycles. The molecule has 5 heteroatoms. The Morgan fingerprint density at radius 1 is 1.43 bits per heavy atom. The molecule has 2 atom stereocenters. The lowest BCUT2D eigenvalue weighted by Crippen LogP contribution is -2.29. The van der Waals surface area contributed by atoms with Crippen molar-refractivity contribution in [2.45, 2.75) is 39.5 Å². The Morgan fingerprint density at radius 2 is 2.14 bits per heavy atom. The molecule has 1 aromatic carbocycles. The number of nitro groups is 1. The first-order valence-corrected chi connectivity index (χ1v) is 7.71. The molecule has 0 saturated heterocycles. The van der Waals surface area contributed by atoms with Crippen LogP contribution in [0.25, 0.3) is 0 Å². The van der Waals surface area contributed by atoms with Gasteiger partial charge in [0, 0.05) is 29.0 Å². The zero-order chi connectivity index (χ0) is 15.6. The van der Waals surface area contributed by atoms with Crippen molar-refractivity contribution in [1.29, 1.82) is 0 Å². The zero-order valence-corrected chi connectivity index (χ0v) is 13.1. The summed E-state index contributed by atoms with van der Waals surface area (Å²) < 4.78 is 0. The van der Waals surface area contributed by atoms with Crippen molar-refractivity contribution in [3.8, 4) is 0 Å². The maximum Gasteiger partial charge on any atom is 0.272 e. The van der Waals surface area contributed by atoms with Gasteiger partial charge in [-0.1, -0.05) is 25.4 Å². The van der Waals surface area contributed by atoms with Crippen LogP contribution in [0.15, 0.2) is 18.2 Å². The second kappa shape index (κ2) is 6.56. The summed E-state index contributed by atoms with van der Waals surface area (Å²) in [5.41, 5.74) is 0.620. The van der Waals surface area contributed by atoms with Crippen LogP contribution in [0.2, 0.25) is 5.02 Å². The molecule has 0 amide bonds. The number of benzene rings is 1. The highest BCUT2D eigenvalue weighted by atomic mass is 35.5. The van der Waals surface area contributed by atoms with Gasteiger partial charge in [0.2, 0.25) is 0 Å². The van der Waals surface area contributed by atoms with Gasteiger partial charge in [-0.3, -0.25) is 14.9 Å². The smallest absolute Gasteiger partial charge is 0.272 e. The van der Waals surface area contributed by atoms with Crippen molar-refractivity contribution >= 4 is 23.1 Å². The first-order chi connectivity index (χ1) is 9.88. The Labute approximate surface area is 129 Å². The fourth-order valence-electron chi connectivity index (χ4n) is 3.11. The van der Waals surface area contributed by atoms with Crippen LogP contribution in [0.5, 0.6) is 0 Å². The summed E-state index contributed by atoms with van der Waals surface area (Å²) in [6, 6.07) is 4.56. The quantitative estimate of drug-likeness (QED) is 0.610. The summed E-state index contributed by atoms with van der Waals surface area (Å²) in [6.07, 6.45) is 2.76. The van der Waals surface area contributed by atoms with Crippen LogP contribution in [0.3, 0.4) is 0 Å². The lowest BCUT2D eigenvalue weighted by atomic mass is 9.73. The summed E-state index contributed by atoms with van der Waals surface area (Å²) in [4.78, 5) is 22.8. The SMILES string of the molecule is CC(C)C1CCC(=O)C(Cc2cc(Cl)ccc2[N+](=O)[O-])C1. The largest absolute Gasteiger partial charge is 0.299 e. The third kappa shape index (κ3) is 3.82. The molecule has 1 aliphatic rings. The van der Waals surface area contributed by atoms with E-state index in [0.29, 0.717) is 35.3 Å². The van der Waals surface area contributed by atoms with Gasteiger partial charge in [-0.25, -0.2) is 0 Å². The van der Waals surface area contributed by atoms with Crippen molar-refractivity contribution in [3.05, 3.63) is 38.9 Å². The zero-order valence-electron chi connectivity index (χ0n) is 12.3. The highest BCUT2D eigenvalue weighted by Crippen LogP contribution is 2.35. The maximum atomic E-state index is 12.1. The minimum absolute atomic E-state index is 0.0545. The van der Waals surface area contributed by atoms with E-state index in [-0.39, 0.29) is 17.4 Å². The lowest BCUT2D eigenvalue weighted by Gasteiger charge is -2.30. The van der Waals surface area contributed by atoms with E-state index in [1.807, 2.05) is 0 Å². The van der Waals surface area contributed by atoms with Gasteiger partial charge < -0.3 is 0 Å². The number of hydrogen-bond acceptors (Lipinski definition) is 3. The molecule has 1 aromatic rings. The Kier molecular flexibility index (Phi) is 4.99. The maximum absolute atomic E-state index is 12.1. The van der Waals surface area contributed by atoms with Crippen LogP contribution < -0.4 is 0 Å². The van der Waals surface area contributed by atoms with Crippen LogP contribution >= 0.6 is 11.6 Å². The number of rotatable bonds is 4. The minimum atomic E-state index is -0.404. The van der Waals surface area contributed by atoms with Crippen LogP contribution in [-0.4, -0.2) is 10.7 Å². The second-order valence-electron chi connectivity index (χ2n) is 6.18. The number of carbonyl (C=O) groups excluding carboxylic acids is 1. The van der Waals surface area contributed by atoms with Crippen LogP contribution in [0.4, 0.5) is 5.69 Å². The number of nitro benzene ring substituents is 1. The van der Waals surface area contributed by atoms with Crippen molar-refractivity contribution in [2.75, 3.05) is 0 Å². The van der Waals surface area contributed by atoms with Crippen LogP contribution in [0, 0.1) is 27.9 Å². The molecule has 4 nitrogen and oxygen atoms in total. The van der Waals surface area contributed by atoms with Crippen molar-refractivity contribution in [3.63, 3.8) is 0 Å². The van der Waals surface area contributed by atoms with Gasteiger partial charge >= 0.3 is 0 Å². The molecule has 1 saturated carbocycles. The standard InChI is InChI=1S/C16H20ClNO3/c1-10(2)11-3-6-16(19)13(7-11)8-12-9-14(17)4-5-15(12)18(20)21/h4-5,9-11,13H,3,6-8H2,1-2H3. The number of halogens is 1. The fraction of sp³-hybridized carbons (Fsp3) is 0.562. The molecule has 0 bridgehead atoms. The van der Waals surface area contributed by atoms with Crippen molar-refractivity contribution in [1.82, 2.24) is 0 Å². The molecule has 1 fully saturated rings. The Morgan fingerprint density at radius 3 is 2.76 bits per heavy atom. The first kappa shape index (κ1) is 16.0. The van der Waals surface area contributed by atoms with E-state index in [2.05, 4.69) is 13.8 Å². The molecule has 114 valence electrons. The highest BCUT2D eigenvalue weighted by molar-refractivity contribution is 6.30. The summed E-state index contributed by atoms with van der Waals surface area (Å²) in [5.74, 6) is 1.16. The van der Waals surface area contributed by atoms with Crippen molar-refractivity contribution in [2.24, 2.45) is 17.8 Å². The number of hydrogen-bond donors (Lipinski definition) is 0. The van der Waals surface area contributed by atoms with E-state index in [0.717, 1.165) is 12.8 Å². The van der Waals surface area contributed by atoms with Gasteiger partial charge in [-0.05, 0) is 43.2 Å². The number of nitrogens with zero attached hydrogens (tertiary/aromatic N) is 1. The number of ketones is 1. The first-order valence-electron chi connectivity index (χ1n) is 7.34. The lowest BCUT2D eigenvalue weighted by molar-refractivity contribution is -0.385. The summed E-state index contributed by atoms with van der Waals surface area (Å²) in [5, 5.41) is 11.6. The summed E-state index contributed by atoms with van der Waals surface area (Å²) in [6.45, 7) is 4.33. The monoisotopic (exact) mass is 309 g/mol. The number of carbonyl (C=O) groups is 1. The van der Waals surface area contributed by atoms with Crippen LogP contribution in [0.1, 0.15) is 38.7 Å². The average molecular weight is 310 g/mol. The molecule has 21 heavy (non-hydrogen) atoms. The van der Waals surface area contributed by atoms with E-state index >= 15 is 0 Å². The molecule has 2 rings (SSSR count). The molecular formula is C16H20ClNO3. The van der Waals surface area contributed by atoms with Gasteiger partial charge in [0.15, 0.2) is 0 Å². The van der Waals surface area contributed by atoms with E-state index < -0.39 is 4.92 Å². The van der Waals surface area contributed by atoms with Gasteiger partial charge in [-0.15, -0.1) is 0 Å². The molecular weight excluding hydrogens is 290 g/mol. The van der Waals surface area contributed by atoms with E-state index in [4.69, 9.17) is 11.6 Å².